The highest BCUT2D eigenvalue weighted by Crippen LogP contribution is 2.46. The second-order valence-electron chi connectivity index (χ2n) is 7.96. The summed E-state index contributed by atoms with van der Waals surface area (Å²) in [5.41, 5.74) is 1.83. The van der Waals surface area contributed by atoms with E-state index in [0.717, 1.165) is 36.1 Å². The number of carboxylic acid groups (broad SMARTS) is 1. The molecular formula is C23H23N3O5. The monoisotopic (exact) mass is 421 g/mol. The Balaban J connectivity index is 1.57. The molecule has 1 aliphatic heterocycles. The van der Waals surface area contributed by atoms with Crippen LogP contribution in [0.2, 0.25) is 0 Å². The minimum atomic E-state index is -1.22. The maximum atomic E-state index is 13.2. The van der Waals surface area contributed by atoms with Crippen molar-refractivity contribution < 1.29 is 24.6 Å². The lowest BCUT2D eigenvalue weighted by atomic mass is 9.70. The topological polar surface area (TPSA) is 120 Å². The van der Waals surface area contributed by atoms with E-state index in [-0.39, 0.29) is 17.8 Å². The number of rotatable bonds is 6. The third-order valence-electron chi connectivity index (χ3n) is 5.98. The van der Waals surface area contributed by atoms with Crippen molar-refractivity contribution in [1.82, 2.24) is 15.2 Å². The van der Waals surface area contributed by atoms with E-state index in [2.05, 4.69) is 10.3 Å². The molecule has 2 amide bonds. The Morgan fingerprint density at radius 3 is 2.45 bits per heavy atom. The molecule has 0 radical (unpaired) electrons. The van der Waals surface area contributed by atoms with Gasteiger partial charge in [0.25, 0.3) is 11.8 Å². The Kier molecular flexibility index (Phi) is 5.46. The summed E-state index contributed by atoms with van der Waals surface area (Å²) in [6.07, 6.45) is 4.36. The van der Waals surface area contributed by atoms with Crippen molar-refractivity contribution in [1.29, 1.82) is 0 Å². The first kappa shape index (κ1) is 20.6. The molecule has 0 unspecified atom stereocenters. The molecule has 8 nitrogen and oxygen atoms in total. The number of carbonyl (C=O) groups is 3. The van der Waals surface area contributed by atoms with E-state index in [1.54, 1.807) is 11.1 Å². The predicted octanol–water partition coefficient (Wildman–Crippen LogP) is 2.42. The van der Waals surface area contributed by atoms with Crippen LogP contribution in [0.1, 0.15) is 31.2 Å². The van der Waals surface area contributed by atoms with Gasteiger partial charge >= 0.3 is 5.97 Å². The van der Waals surface area contributed by atoms with Crippen molar-refractivity contribution in [3.8, 4) is 11.3 Å². The molecule has 0 atom stereocenters. The summed E-state index contributed by atoms with van der Waals surface area (Å²) in [6.45, 7) is -0.326. The first-order valence-electron chi connectivity index (χ1n) is 10.1. The molecule has 3 N–H and O–H groups in total. The van der Waals surface area contributed by atoms with E-state index >= 15 is 0 Å². The number of aromatic nitrogens is 1. The van der Waals surface area contributed by atoms with Gasteiger partial charge in [-0.1, -0.05) is 30.3 Å². The van der Waals surface area contributed by atoms with Crippen LogP contribution in [0.25, 0.3) is 11.3 Å². The number of carbonyl (C=O) groups excluding carboxylic acids is 2. The number of hydrogen-bond acceptors (Lipinski definition) is 5. The Morgan fingerprint density at radius 2 is 1.87 bits per heavy atom. The number of aliphatic hydroxyl groups excluding tert-OH is 1. The number of aliphatic carboxylic acids is 1. The van der Waals surface area contributed by atoms with Gasteiger partial charge in [0, 0.05) is 24.7 Å². The summed E-state index contributed by atoms with van der Waals surface area (Å²) < 4.78 is 0. The van der Waals surface area contributed by atoms with E-state index in [0.29, 0.717) is 6.54 Å². The molecule has 1 spiro atoms. The molecule has 2 heterocycles. The molecule has 0 bridgehead atoms. The normalized spacial score (nSPS) is 17.4. The Hall–Kier alpha value is -3.68. The van der Waals surface area contributed by atoms with Gasteiger partial charge in [-0.25, -0.2) is 0 Å². The van der Waals surface area contributed by atoms with Crippen molar-refractivity contribution in [2.45, 2.75) is 37.8 Å². The van der Waals surface area contributed by atoms with E-state index in [4.69, 9.17) is 5.11 Å². The quantitative estimate of drug-likeness (QED) is 0.616. The average Bonchev–Trinajstić information content (AvgIpc) is 2.74. The van der Waals surface area contributed by atoms with Gasteiger partial charge in [-0.2, -0.15) is 0 Å². The molecule has 8 heteroatoms. The van der Waals surface area contributed by atoms with Crippen molar-refractivity contribution >= 4 is 17.8 Å². The van der Waals surface area contributed by atoms with Crippen LogP contribution in [0.15, 0.2) is 60.0 Å². The highest BCUT2D eigenvalue weighted by Gasteiger charge is 2.51. The lowest BCUT2D eigenvalue weighted by Crippen LogP contribution is -2.60. The minimum Gasteiger partial charge on any atom is -0.511 e. The van der Waals surface area contributed by atoms with Crippen LogP contribution < -0.4 is 5.32 Å². The summed E-state index contributed by atoms with van der Waals surface area (Å²) in [5.74, 6) is -2.93. The molecule has 1 saturated carbocycles. The van der Waals surface area contributed by atoms with Crippen molar-refractivity contribution in [2.24, 2.45) is 0 Å². The molecule has 1 aliphatic carbocycles. The summed E-state index contributed by atoms with van der Waals surface area (Å²) in [6, 6.07) is 13.4. The highest BCUT2D eigenvalue weighted by atomic mass is 16.4. The molecule has 1 fully saturated rings. The van der Waals surface area contributed by atoms with Gasteiger partial charge in [-0.3, -0.25) is 19.4 Å². The predicted molar refractivity (Wildman–Crippen MR) is 112 cm³/mol. The molecule has 1 aromatic heterocycles. The summed E-state index contributed by atoms with van der Waals surface area (Å²) in [4.78, 5) is 42.3. The largest absolute Gasteiger partial charge is 0.511 e. The van der Waals surface area contributed by atoms with Gasteiger partial charge in [0.2, 0.25) is 0 Å². The highest BCUT2D eigenvalue weighted by molar-refractivity contribution is 6.19. The van der Waals surface area contributed by atoms with E-state index in [9.17, 15) is 19.5 Å². The summed E-state index contributed by atoms with van der Waals surface area (Å²) >= 11 is 0. The second kappa shape index (κ2) is 8.22. The number of pyridine rings is 1. The SMILES string of the molecule is O=C(O)CNC(=O)C1=C(O)CC2(CCC2)N(Cc2ccc(-c3ccccn3)cc2)C1=O. The number of benzene rings is 1. The fourth-order valence-corrected chi connectivity index (χ4v) is 4.21. The zero-order valence-corrected chi connectivity index (χ0v) is 16.9. The molecule has 2 aromatic rings. The van der Waals surface area contributed by atoms with Crippen LogP contribution in [-0.2, 0) is 20.9 Å². The lowest BCUT2D eigenvalue weighted by Gasteiger charge is -2.52. The smallest absolute Gasteiger partial charge is 0.322 e. The third kappa shape index (κ3) is 4.01. The molecule has 31 heavy (non-hydrogen) atoms. The van der Waals surface area contributed by atoms with Gasteiger partial charge in [-0.15, -0.1) is 0 Å². The van der Waals surface area contributed by atoms with Crippen LogP contribution in [0.4, 0.5) is 0 Å². The molecule has 0 saturated heterocycles. The zero-order valence-electron chi connectivity index (χ0n) is 16.9. The number of nitrogens with zero attached hydrogens (tertiary/aromatic N) is 2. The molecule has 4 rings (SSSR count). The first-order chi connectivity index (χ1) is 14.9. The Labute approximate surface area is 179 Å². The Bertz CT molecular complexity index is 1040. The second-order valence-corrected chi connectivity index (χ2v) is 7.96. The number of hydrogen-bond donors (Lipinski definition) is 3. The van der Waals surface area contributed by atoms with E-state index in [1.165, 1.54) is 0 Å². The van der Waals surface area contributed by atoms with Crippen LogP contribution in [0, 0.1) is 0 Å². The van der Waals surface area contributed by atoms with Crippen molar-refractivity contribution in [2.75, 3.05) is 6.54 Å². The number of amides is 2. The van der Waals surface area contributed by atoms with Crippen LogP contribution >= 0.6 is 0 Å². The maximum absolute atomic E-state index is 13.2. The fraction of sp³-hybridized carbons (Fsp3) is 0.304. The Morgan fingerprint density at radius 1 is 1.13 bits per heavy atom. The standard InChI is InChI=1S/C23H23N3O5/c27-18-12-23(9-3-10-23)26(22(31)20(18)21(30)25-13-19(28)29)14-15-5-7-16(8-6-15)17-4-1-2-11-24-17/h1-2,4-8,11,27H,3,9-10,12-14H2,(H,25,30)(H,28,29). The summed E-state index contributed by atoms with van der Waals surface area (Å²) in [7, 11) is 0. The van der Waals surface area contributed by atoms with Crippen LogP contribution in [0.3, 0.4) is 0 Å². The first-order valence-corrected chi connectivity index (χ1v) is 10.1. The molecule has 2 aliphatic rings. The van der Waals surface area contributed by atoms with Gasteiger partial charge in [0.1, 0.15) is 17.9 Å². The van der Waals surface area contributed by atoms with Gasteiger partial charge in [-0.05, 0) is 37.0 Å². The lowest BCUT2D eigenvalue weighted by molar-refractivity contribution is -0.144. The van der Waals surface area contributed by atoms with Gasteiger partial charge < -0.3 is 20.4 Å². The average molecular weight is 421 g/mol. The number of carboxylic acids is 1. The summed E-state index contributed by atoms with van der Waals surface area (Å²) in [5, 5.41) is 21.4. The number of nitrogens with one attached hydrogen (secondary N) is 1. The van der Waals surface area contributed by atoms with E-state index in [1.807, 2.05) is 42.5 Å². The minimum absolute atomic E-state index is 0.195. The van der Waals surface area contributed by atoms with Gasteiger partial charge in [0.15, 0.2) is 0 Å². The fourth-order valence-electron chi connectivity index (χ4n) is 4.21. The van der Waals surface area contributed by atoms with Gasteiger partial charge in [0.05, 0.1) is 11.2 Å². The van der Waals surface area contributed by atoms with E-state index < -0.39 is 29.9 Å². The number of aliphatic hydroxyl groups is 1. The van der Waals surface area contributed by atoms with Crippen molar-refractivity contribution in [3.63, 3.8) is 0 Å². The molecular weight excluding hydrogens is 398 g/mol. The molecule has 1 aromatic carbocycles. The van der Waals surface area contributed by atoms with Crippen molar-refractivity contribution in [3.05, 3.63) is 65.6 Å². The van der Waals surface area contributed by atoms with Crippen LogP contribution in [-0.4, -0.2) is 50.0 Å². The maximum Gasteiger partial charge on any atom is 0.322 e. The molecule has 160 valence electrons. The van der Waals surface area contributed by atoms with Crippen LogP contribution in [0.5, 0.6) is 0 Å². The third-order valence-corrected chi connectivity index (χ3v) is 5.98. The zero-order chi connectivity index (χ0) is 22.0.